The van der Waals surface area contributed by atoms with Crippen LogP contribution in [0, 0.1) is 0 Å². The number of carboxylic acid groups (broad SMARTS) is 1. The normalized spacial score (nSPS) is 20.7. The molecule has 1 aromatic carbocycles. The van der Waals surface area contributed by atoms with Gasteiger partial charge in [-0.25, -0.2) is 0 Å². The Morgan fingerprint density at radius 1 is 1.35 bits per heavy atom. The van der Waals surface area contributed by atoms with Gasteiger partial charge in [-0.3, -0.25) is 9.79 Å². The maximum atomic E-state index is 10.8. The highest BCUT2D eigenvalue weighted by Gasteiger charge is 2.22. The number of fused-ring (bicyclic) bond motifs is 1. The van der Waals surface area contributed by atoms with Gasteiger partial charge < -0.3 is 15.4 Å². The summed E-state index contributed by atoms with van der Waals surface area (Å²) in [5.74, 6) is 0.103. The molecular formula is C19H22BrN3O2S. The molecule has 0 bridgehead atoms. The Kier molecular flexibility index (Phi) is 5.27. The van der Waals surface area contributed by atoms with Crippen LogP contribution in [0.4, 0.5) is 5.69 Å². The van der Waals surface area contributed by atoms with Gasteiger partial charge in [0, 0.05) is 28.1 Å². The van der Waals surface area contributed by atoms with Crippen molar-refractivity contribution in [3.8, 4) is 0 Å². The summed E-state index contributed by atoms with van der Waals surface area (Å²) < 4.78 is 1.07. The van der Waals surface area contributed by atoms with Crippen molar-refractivity contribution in [3.63, 3.8) is 0 Å². The largest absolute Gasteiger partial charge is 0.481 e. The number of aliphatic carboxylic acids is 1. The summed E-state index contributed by atoms with van der Waals surface area (Å²) in [4.78, 5) is 19.0. The number of hydrogen-bond acceptors (Lipinski definition) is 4. The first-order valence-corrected chi connectivity index (χ1v) is 10.9. The molecule has 0 radical (unpaired) electrons. The number of nitrogens with one attached hydrogen (secondary N) is 2. The fourth-order valence-electron chi connectivity index (χ4n) is 3.73. The van der Waals surface area contributed by atoms with Gasteiger partial charge in [0.05, 0.1) is 22.9 Å². The Hall–Kier alpha value is -1.47. The average Bonchev–Trinajstić information content (AvgIpc) is 3.32. The first-order chi connectivity index (χ1) is 12.6. The second-order valence-corrected chi connectivity index (χ2v) is 8.98. The number of aromatic amines is 1. The molecule has 2 aromatic rings. The van der Waals surface area contributed by atoms with E-state index in [1.54, 1.807) is 11.8 Å². The van der Waals surface area contributed by atoms with Crippen LogP contribution in [0.2, 0.25) is 0 Å². The van der Waals surface area contributed by atoms with E-state index in [-0.39, 0.29) is 12.5 Å². The van der Waals surface area contributed by atoms with Gasteiger partial charge in [-0.05, 0) is 37.5 Å². The van der Waals surface area contributed by atoms with E-state index in [9.17, 15) is 4.79 Å². The molecule has 2 aliphatic rings. The van der Waals surface area contributed by atoms with E-state index in [0.29, 0.717) is 12.5 Å². The first kappa shape index (κ1) is 17.9. The van der Waals surface area contributed by atoms with Crippen LogP contribution in [0.5, 0.6) is 0 Å². The lowest BCUT2D eigenvalue weighted by atomic mass is 10.2. The maximum Gasteiger partial charge on any atom is 0.303 e. The second kappa shape index (κ2) is 7.64. The van der Waals surface area contributed by atoms with Crippen molar-refractivity contribution in [1.82, 2.24) is 4.98 Å². The van der Waals surface area contributed by atoms with Crippen LogP contribution in [-0.2, 0) is 4.79 Å². The molecule has 1 fully saturated rings. The number of halogens is 1. The lowest BCUT2D eigenvalue weighted by molar-refractivity contribution is -0.137. The zero-order valence-corrected chi connectivity index (χ0v) is 16.8. The zero-order valence-electron chi connectivity index (χ0n) is 14.4. The fraction of sp³-hybridized carbons (Fsp3) is 0.474. The van der Waals surface area contributed by atoms with Gasteiger partial charge in [0.1, 0.15) is 5.04 Å². The molecular weight excluding hydrogens is 414 g/mol. The van der Waals surface area contributed by atoms with Gasteiger partial charge in [-0.15, -0.1) is 11.8 Å². The molecule has 0 spiro atoms. The monoisotopic (exact) mass is 435 g/mol. The SMILES string of the molecule is O=C(O)CC[C@@H]1CSC(c2cc3cc(Br)cc(NC4CCCC4)c3[nH]2)=N1. The Bertz CT molecular complexity index is 858. The number of benzene rings is 1. The fourth-order valence-corrected chi connectivity index (χ4v) is 5.28. The molecule has 3 N–H and O–H groups in total. The summed E-state index contributed by atoms with van der Waals surface area (Å²) in [6.07, 6.45) is 5.85. The number of hydrogen-bond donors (Lipinski definition) is 3. The summed E-state index contributed by atoms with van der Waals surface area (Å²) in [6, 6.07) is 7.06. The number of aliphatic imine (C=N–C) groups is 1. The maximum absolute atomic E-state index is 10.8. The van der Waals surface area contributed by atoms with E-state index in [2.05, 4.69) is 44.4 Å². The topological polar surface area (TPSA) is 77.5 Å². The molecule has 26 heavy (non-hydrogen) atoms. The van der Waals surface area contributed by atoms with Crippen LogP contribution in [-0.4, -0.2) is 38.9 Å². The third kappa shape index (κ3) is 3.93. The number of nitrogens with zero attached hydrogens (tertiary/aromatic N) is 1. The summed E-state index contributed by atoms with van der Waals surface area (Å²) in [5, 5.41) is 14.7. The standard InChI is InChI=1S/C19H22BrN3O2S/c20-12-7-11-8-16(19-22-14(10-26-19)5-6-17(24)25)23-18(11)15(9-12)21-13-3-1-2-4-13/h7-9,13-14,21,23H,1-6,10H2,(H,24,25)/t14-/m1/s1. The van der Waals surface area contributed by atoms with E-state index >= 15 is 0 Å². The van der Waals surface area contributed by atoms with E-state index < -0.39 is 5.97 Å². The molecule has 0 unspecified atom stereocenters. The molecule has 138 valence electrons. The van der Waals surface area contributed by atoms with Crippen LogP contribution in [0.25, 0.3) is 10.9 Å². The number of carbonyl (C=O) groups is 1. The van der Waals surface area contributed by atoms with Gasteiger partial charge in [0.2, 0.25) is 0 Å². The molecule has 2 heterocycles. The van der Waals surface area contributed by atoms with Crippen LogP contribution in [0.15, 0.2) is 27.7 Å². The smallest absolute Gasteiger partial charge is 0.303 e. The Labute approximate surface area is 165 Å². The molecule has 1 aliphatic heterocycles. The van der Waals surface area contributed by atoms with Gasteiger partial charge in [0.15, 0.2) is 0 Å². The quantitative estimate of drug-likeness (QED) is 0.595. The highest BCUT2D eigenvalue weighted by molar-refractivity contribution is 9.10. The van der Waals surface area contributed by atoms with E-state index in [1.165, 1.54) is 25.7 Å². The number of H-pyrrole nitrogens is 1. The summed E-state index contributed by atoms with van der Waals surface area (Å²) in [6.45, 7) is 0. The number of anilines is 1. The molecule has 5 nitrogen and oxygen atoms in total. The summed E-state index contributed by atoms with van der Waals surface area (Å²) >= 11 is 5.33. The Balaban J connectivity index is 1.59. The minimum atomic E-state index is -0.753. The summed E-state index contributed by atoms with van der Waals surface area (Å²) in [7, 11) is 0. The number of rotatable bonds is 6. The number of carboxylic acids is 1. The van der Waals surface area contributed by atoms with Crippen LogP contribution in [0.3, 0.4) is 0 Å². The van der Waals surface area contributed by atoms with Crippen molar-refractivity contribution in [3.05, 3.63) is 28.4 Å². The van der Waals surface area contributed by atoms with Crippen molar-refractivity contribution >= 4 is 55.3 Å². The summed E-state index contributed by atoms with van der Waals surface area (Å²) in [5.41, 5.74) is 3.28. The highest BCUT2D eigenvalue weighted by atomic mass is 79.9. The molecule has 4 rings (SSSR count). The molecule has 7 heteroatoms. The van der Waals surface area contributed by atoms with E-state index in [4.69, 9.17) is 10.1 Å². The van der Waals surface area contributed by atoms with Crippen molar-refractivity contribution in [1.29, 1.82) is 0 Å². The average molecular weight is 436 g/mol. The first-order valence-electron chi connectivity index (χ1n) is 9.10. The predicted molar refractivity (Wildman–Crippen MR) is 112 cm³/mol. The van der Waals surface area contributed by atoms with Crippen LogP contribution in [0.1, 0.15) is 44.2 Å². The van der Waals surface area contributed by atoms with Crippen molar-refractivity contribution in [2.24, 2.45) is 4.99 Å². The second-order valence-electron chi connectivity index (χ2n) is 7.06. The lowest BCUT2D eigenvalue weighted by Crippen LogP contribution is -2.14. The van der Waals surface area contributed by atoms with E-state index in [1.807, 2.05) is 0 Å². The molecule has 1 aliphatic carbocycles. The molecule has 1 atom stereocenters. The third-order valence-corrected chi connectivity index (χ3v) is 6.65. The number of aromatic nitrogens is 1. The zero-order chi connectivity index (χ0) is 18.1. The molecule has 1 saturated carbocycles. The highest BCUT2D eigenvalue weighted by Crippen LogP contribution is 2.33. The minimum Gasteiger partial charge on any atom is -0.481 e. The van der Waals surface area contributed by atoms with Crippen LogP contribution < -0.4 is 5.32 Å². The lowest BCUT2D eigenvalue weighted by Gasteiger charge is -2.14. The van der Waals surface area contributed by atoms with Crippen molar-refractivity contribution in [2.45, 2.75) is 50.6 Å². The minimum absolute atomic E-state index is 0.0975. The number of thioether (sulfide) groups is 1. The van der Waals surface area contributed by atoms with Crippen molar-refractivity contribution in [2.75, 3.05) is 11.1 Å². The Morgan fingerprint density at radius 3 is 2.92 bits per heavy atom. The van der Waals surface area contributed by atoms with Crippen LogP contribution >= 0.6 is 27.7 Å². The van der Waals surface area contributed by atoms with Gasteiger partial charge >= 0.3 is 5.97 Å². The van der Waals surface area contributed by atoms with Crippen molar-refractivity contribution < 1.29 is 9.90 Å². The molecule has 1 aromatic heterocycles. The Morgan fingerprint density at radius 2 is 2.15 bits per heavy atom. The van der Waals surface area contributed by atoms with E-state index in [0.717, 1.165) is 37.6 Å². The predicted octanol–water partition coefficient (Wildman–Crippen LogP) is 5.01. The van der Waals surface area contributed by atoms with Gasteiger partial charge in [0.25, 0.3) is 0 Å². The van der Waals surface area contributed by atoms with Gasteiger partial charge in [-0.1, -0.05) is 28.8 Å². The molecule has 0 saturated heterocycles. The molecule has 0 amide bonds. The third-order valence-electron chi connectivity index (χ3n) is 5.04. The van der Waals surface area contributed by atoms with Gasteiger partial charge in [-0.2, -0.15) is 0 Å².